The summed E-state index contributed by atoms with van der Waals surface area (Å²) in [7, 11) is 0. The molecule has 2 fully saturated rings. The summed E-state index contributed by atoms with van der Waals surface area (Å²) in [5.74, 6) is 0.251. The molecule has 0 radical (unpaired) electrons. The van der Waals surface area contributed by atoms with Crippen LogP contribution in [0.3, 0.4) is 0 Å². The fourth-order valence-electron chi connectivity index (χ4n) is 2.74. The molecular weight excluding hydrogens is 298 g/mol. The monoisotopic (exact) mass is 313 g/mol. The molecule has 0 atom stereocenters. The summed E-state index contributed by atoms with van der Waals surface area (Å²) in [5.41, 5.74) is 0.862. The standard InChI is InChI=1S/C13H16BrNOS/c14-12-7-9(8-17-12)13(16)15(11-5-6-11)10-3-1-2-4-10/h7-8,10-11H,1-6H2. The second kappa shape index (κ2) is 4.73. The molecule has 0 spiro atoms. The van der Waals surface area contributed by atoms with E-state index in [0.717, 1.165) is 9.35 Å². The second-order valence-corrected chi connectivity index (χ2v) is 7.31. The van der Waals surface area contributed by atoms with Crippen molar-refractivity contribution in [1.29, 1.82) is 0 Å². The maximum atomic E-state index is 12.5. The first kappa shape index (κ1) is 11.7. The summed E-state index contributed by atoms with van der Waals surface area (Å²) in [4.78, 5) is 14.7. The van der Waals surface area contributed by atoms with Gasteiger partial charge in [-0.25, -0.2) is 0 Å². The van der Waals surface area contributed by atoms with E-state index in [-0.39, 0.29) is 5.91 Å². The Kier molecular flexibility index (Phi) is 3.26. The van der Waals surface area contributed by atoms with Gasteiger partial charge in [-0.2, -0.15) is 0 Å². The summed E-state index contributed by atoms with van der Waals surface area (Å²) < 4.78 is 1.04. The minimum absolute atomic E-state index is 0.251. The number of amides is 1. The first-order chi connectivity index (χ1) is 8.25. The molecule has 0 N–H and O–H groups in total. The van der Waals surface area contributed by atoms with Crippen molar-refractivity contribution in [2.75, 3.05) is 0 Å². The summed E-state index contributed by atoms with van der Waals surface area (Å²) >= 11 is 5.03. The van der Waals surface area contributed by atoms with E-state index in [4.69, 9.17) is 0 Å². The number of hydrogen-bond donors (Lipinski definition) is 0. The zero-order valence-electron chi connectivity index (χ0n) is 9.69. The molecule has 17 heavy (non-hydrogen) atoms. The number of rotatable bonds is 3. The van der Waals surface area contributed by atoms with E-state index in [0.29, 0.717) is 12.1 Å². The van der Waals surface area contributed by atoms with Gasteiger partial charge in [0.1, 0.15) is 0 Å². The molecule has 1 amide bonds. The molecule has 1 aromatic rings. The topological polar surface area (TPSA) is 20.3 Å². The molecule has 3 rings (SSSR count). The van der Waals surface area contributed by atoms with Crippen molar-refractivity contribution in [3.8, 4) is 0 Å². The van der Waals surface area contributed by atoms with Gasteiger partial charge in [-0.3, -0.25) is 4.79 Å². The molecule has 1 aromatic heterocycles. The zero-order valence-corrected chi connectivity index (χ0v) is 12.1. The zero-order chi connectivity index (χ0) is 11.8. The third-order valence-electron chi connectivity index (χ3n) is 3.71. The molecule has 2 nitrogen and oxygen atoms in total. The highest BCUT2D eigenvalue weighted by Crippen LogP contribution is 2.36. The number of carbonyl (C=O) groups excluding carboxylic acids is 1. The van der Waals surface area contributed by atoms with Gasteiger partial charge in [-0.1, -0.05) is 12.8 Å². The smallest absolute Gasteiger partial charge is 0.255 e. The van der Waals surface area contributed by atoms with Crippen LogP contribution in [0, 0.1) is 0 Å². The van der Waals surface area contributed by atoms with Crippen molar-refractivity contribution in [2.24, 2.45) is 0 Å². The molecule has 2 aliphatic rings. The fraction of sp³-hybridized carbons (Fsp3) is 0.615. The van der Waals surface area contributed by atoms with Crippen molar-refractivity contribution >= 4 is 33.2 Å². The summed E-state index contributed by atoms with van der Waals surface area (Å²) in [6.45, 7) is 0. The molecule has 0 aromatic carbocycles. The predicted molar refractivity (Wildman–Crippen MR) is 73.5 cm³/mol. The highest BCUT2D eigenvalue weighted by molar-refractivity contribution is 9.11. The highest BCUT2D eigenvalue weighted by Gasteiger charge is 2.38. The number of hydrogen-bond acceptors (Lipinski definition) is 2. The van der Waals surface area contributed by atoms with E-state index in [9.17, 15) is 4.79 Å². The number of nitrogens with zero attached hydrogens (tertiary/aromatic N) is 1. The predicted octanol–water partition coefficient (Wildman–Crippen LogP) is 4.06. The quantitative estimate of drug-likeness (QED) is 0.824. The number of carbonyl (C=O) groups is 1. The summed E-state index contributed by atoms with van der Waals surface area (Å²) in [6, 6.07) is 3.00. The van der Waals surface area contributed by atoms with E-state index in [2.05, 4.69) is 20.8 Å². The Morgan fingerprint density at radius 3 is 2.41 bits per heavy atom. The number of halogens is 1. The lowest BCUT2D eigenvalue weighted by molar-refractivity contribution is 0.0665. The van der Waals surface area contributed by atoms with E-state index in [1.165, 1.54) is 38.5 Å². The second-order valence-electron chi connectivity index (χ2n) is 5.02. The maximum Gasteiger partial charge on any atom is 0.255 e. The van der Waals surface area contributed by atoms with E-state index < -0.39 is 0 Å². The van der Waals surface area contributed by atoms with Crippen LogP contribution in [0.2, 0.25) is 0 Å². The van der Waals surface area contributed by atoms with Gasteiger partial charge in [0.15, 0.2) is 0 Å². The van der Waals surface area contributed by atoms with Crippen LogP contribution in [-0.2, 0) is 0 Å². The van der Waals surface area contributed by atoms with Gasteiger partial charge in [0.05, 0.1) is 9.35 Å². The third-order valence-corrected chi connectivity index (χ3v) is 5.21. The van der Waals surface area contributed by atoms with Gasteiger partial charge in [0, 0.05) is 17.5 Å². The van der Waals surface area contributed by atoms with Crippen LogP contribution in [0.25, 0.3) is 0 Å². The van der Waals surface area contributed by atoms with Crippen LogP contribution in [0.4, 0.5) is 0 Å². The van der Waals surface area contributed by atoms with Crippen LogP contribution in [0.1, 0.15) is 48.9 Å². The van der Waals surface area contributed by atoms with Gasteiger partial charge >= 0.3 is 0 Å². The van der Waals surface area contributed by atoms with Gasteiger partial charge in [0.25, 0.3) is 5.91 Å². The Morgan fingerprint density at radius 1 is 1.24 bits per heavy atom. The van der Waals surface area contributed by atoms with Crippen molar-refractivity contribution in [1.82, 2.24) is 4.90 Å². The third kappa shape index (κ3) is 2.43. The van der Waals surface area contributed by atoms with Crippen LogP contribution < -0.4 is 0 Å². The Balaban J connectivity index is 1.80. The minimum atomic E-state index is 0.251. The van der Waals surface area contributed by atoms with Crippen LogP contribution >= 0.6 is 27.3 Å². The normalized spacial score (nSPS) is 20.8. The first-order valence-corrected chi connectivity index (χ1v) is 7.99. The Bertz CT molecular complexity index is 421. The molecule has 0 saturated heterocycles. The molecule has 0 unspecified atom stereocenters. The van der Waals surface area contributed by atoms with Crippen molar-refractivity contribution in [2.45, 2.75) is 50.6 Å². The van der Waals surface area contributed by atoms with Crippen molar-refractivity contribution in [3.05, 3.63) is 20.8 Å². The lowest BCUT2D eigenvalue weighted by Crippen LogP contribution is -2.40. The molecule has 2 saturated carbocycles. The minimum Gasteiger partial charge on any atom is -0.333 e. The Hall–Kier alpha value is -0.350. The largest absolute Gasteiger partial charge is 0.333 e. The Morgan fingerprint density at radius 2 is 1.88 bits per heavy atom. The van der Waals surface area contributed by atoms with E-state index in [1.54, 1.807) is 11.3 Å². The lowest BCUT2D eigenvalue weighted by atomic mass is 10.1. The molecule has 1 heterocycles. The maximum absolute atomic E-state index is 12.5. The molecule has 0 bridgehead atoms. The van der Waals surface area contributed by atoms with E-state index >= 15 is 0 Å². The Labute approximate surface area is 114 Å². The van der Waals surface area contributed by atoms with Crippen molar-refractivity contribution in [3.63, 3.8) is 0 Å². The average Bonchev–Trinajstić information content (AvgIpc) is 2.82. The van der Waals surface area contributed by atoms with Gasteiger partial charge in [-0.15, -0.1) is 11.3 Å². The average molecular weight is 314 g/mol. The molecule has 92 valence electrons. The van der Waals surface area contributed by atoms with Gasteiger partial charge in [-0.05, 0) is 47.7 Å². The van der Waals surface area contributed by atoms with Crippen molar-refractivity contribution < 1.29 is 4.79 Å². The number of thiophene rings is 1. The summed E-state index contributed by atoms with van der Waals surface area (Å²) in [6.07, 6.45) is 7.38. The lowest BCUT2D eigenvalue weighted by Gasteiger charge is -2.28. The fourth-order valence-corrected chi connectivity index (χ4v) is 3.87. The highest BCUT2D eigenvalue weighted by atomic mass is 79.9. The van der Waals surface area contributed by atoms with Gasteiger partial charge in [0.2, 0.25) is 0 Å². The van der Waals surface area contributed by atoms with Crippen LogP contribution in [0.15, 0.2) is 15.2 Å². The van der Waals surface area contributed by atoms with Crippen LogP contribution in [0.5, 0.6) is 0 Å². The van der Waals surface area contributed by atoms with Gasteiger partial charge < -0.3 is 4.90 Å². The van der Waals surface area contributed by atoms with E-state index in [1.807, 2.05) is 11.4 Å². The molecule has 4 heteroatoms. The summed E-state index contributed by atoms with van der Waals surface area (Å²) in [5, 5.41) is 1.97. The molecular formula is C13H16BrNOS. The molecule has 0 aliphatic heterocycles. The van der Waals surface area contributed by atoms with Crippen LogP contribution in [-0.4, -0.2) is 22.9 Å². The SMILES string of the molecule is O=C(c1csc(Br)c1)N(C1CCCC1)C1CC1. The molecule has 2 aliphatic carbocycles. The first-order valence-electron chi connectivity index (χ1n) is 6.32.